The highest BCUT2D eigenvalue weighted by atomic mass is 35.5. The molecule has 4 rings (SSSR count). The summed E-state index contributed by atoms with van der Waals surface area (Å²) in [6, 6.07) is 23.1. The van der Waals surface area contributed by atoms with Gasteiger partial charge in [0.1, 0.15) is 0 Å². The Kier molecular flexibility index (Phi) is 5.42. The first-order valence-corrected chi connectivity index (χ1v) is 9.82. The van der Waals surface area contributed by atoms with E-state index in [0.29, 0.717) is 0 Å². The van der Waals surface area contributed by atoms with Gasteiger partial charge in [-0.2, -0.15) is 5.10 Å². The van der Waals surface area contributed by atoms with Crippen LogP contribution in [0.5, 0.6) is 0 Å². The van der Waals surface area contributed by atoms with Crippen LogP contribution in [0.15, 0.2) is 71.8 Å². The minimum Gasteiger partial charge on any atom is -0.295 e. The first-order valence-electron chi connectivity index (χ1n) is 9.45. The molecule has 0 spiro atoms. The third-order valence-electron chi connectivity index (χ3n) is 5.18. The van der Waals surface area contributed by atoms with Crippen molar-refractivity contribution in [2.45, 2.75) is 13.5 Å². The van der Waals surface area contributed by atoms with Crippen LogP contribution in [0.25, 0.3) is 10.8 Å². The number of hydrogen-bond acceptors (Lipinski definition) is 3. The van der Waals surface area contributed by atoms with Gasteiger partial charge in [0, 0.05) is 43.3 Å². The zero-order valence-corrected chi connectivity index (χ0v) is 16.4. The second-order valence-corrected chi connectivity index (χ2v) is 7.44. The number of hydrazone groups is 1. The van der Waals surface area contributed by atoms with Gasteiger partial charge in [-0.3, -0.25) is 9.91 Å². The molecule has 0 aromatic heterocycles. The molecule has 1 heterocycles. The van der Waals surface area contributed by atoms with Crippen LogP contribution in [0.2, 0.25) is 5.02 Å². The average molecular weight is 378 g/mol. The van der Waals surface area contributed by atoms with E-state index in [1.807, 2.05) is 31.2 Å². The lowest BCUT2D eigenvalue weighted by molar-refractivity contribution is 0.131. The van der Waals surface area contributed by atoms with Crippen LogP contribution in [0.1, 0.15) is 18.1 Å². The second kappa shape index (κ2) is 8.12. The largest absolute Gasteiger partial charge is 0.295 e. The van der Waals surface area contributed by atoms with E-state index in [9.17, 15) is 0 Å². The summed E-state index contributed by atoms with van der Waals surface area (Å²) < 4.78 is 0. The fourth-order valence-electron chi connectivity index (χ4n) is 3.69. The molecule has 0 radical (unpaired) electrons. The van der Waals surface area contributed by atoms with E-state index in [-0.39, 0.29) is 0 Å². The van der Waals surface area contributed by atoms with Gasteiger partial charge in [0.2, 0.25) is 0 Å². The molecule has 3 aromatic carbocycles. The maximum Gasteiger partial charge on any atom is 0.0661 e. The maximum absolute atomic E-state index is 6.29. The molecule has 0 bridgehead atoms. The number of nitrogens with zero attached hydrogens (tertiary/aromatic N) is 3. The minimum absolute atomic E-state index is 0.758. The molecule has 3 nitrogen and oxygen atoms in total. The topological polar surface area (TPSA) is 18.8 Å². The molecule has 1 fully saturated rings. The number of rotatable bonds is 4. The highest BCUT2D eigenvalue weighted by molar-refractivity contribution is 6.34. The van der Waals surface area contributed by atoms with E-state index in [0.717, 1.165) is 49.0 Å². The van der Waals surface area contributed by atoms with Crippen LogP contribution >= 0.6 is 11.6 Å². The summed E-state index contributed by atoms with van der Waals surface area (Å²) >= 11 is 6.29. The Labute approximate surface area is 165 Å². The summed E-state index contributed by atoms with van der Waals surface area (Å²) in [5.74, 6) is 0. The summed E-state index contributed by atoms with van der Waals surface area (Å²) in [7, 11) is 0. The molecule has 0 aliphatic carbocycles. The fraction of sp³-hybridized carbons (Fsp3) is 0.261. The molecule has 0 unspecified atom stereocenters. The lowest BCUT2D eigenvalue weighted by Gasteiger charge is -2.33. The summed E-state index contributed by atoms with van der Waals surface area (Å²) in [5, 5.41) is 10.4. The van der Waals surface area contributed by atoms with E-state index >= 15 is 0 Å². The van der Waals surface area contributed by atoms with Gasteiger partial charge in [-0.15, -0.1) is 0 Å². The van der Waals surface area contributed by atoms with Crippen molar-refractivity contribution >= 4 is 28.1 Å². The van der Waals surface area contributed by atoms with Crippen LogP contribution in [0, 0.1) is 0 Å². The molecular formula is C23H24ClN3. The number of fused-ring (bicyclic) bond motifs is 1. The van der Waals surface area contributed by atoms with Crippen molar-refractivity contribution in [1.82, 2.24) is 9.91 Å². The molecule has 0 N–H and O–H groups in total. The molecule has 1 saturated heterocycles. The Bertz CT molecular complexity index is 953. The fourth-order valence-corrected chi connectivity index (χ4v) is 3.96. The Hall–Kier alpha value is -2.36. The number of piperazine rings is 1. The maximum atomic E-state index is 6.29. The predicted molar refractivity (Wildman–Crippen MR) is 114 cm³/mol. The van der Waals surface area contributed by atoms with Crippen LogP contribution in [0.3, 0.4) is 0 Å². The molecule has 4 heteroatoms. The Morgan fingerprint density at radius 2 is 1.59 bits per heavy atom. The van der Waals surface area contributed by atoms with Crippen LogP contribution in [0.4, 0.5) is 0 Å². The van der Waals surface area contributed by atoms with Crippen LogP contribution in [-0.2, 0) is 6.54 Å². The summed E-state index contributed by atoms with van der Waals surface area (Å²) in [4.78, 5) is 2.51. The van der Waals surface area contributed by atoms with E-state index in [4.69, 9.17) is 16.7 Å². The van der Waals surface area contributed by atoms with E-state index in [1.54, 1.807) is 0 Å². The van der Waals surface area contributed by atoms with Gasteiger partial charge in [0.25, 0.3) is 0 Å². The molecule has 1 aliphatic heterocycles. The van der Waals surface area contributed by atoms with Crippen molar-refractivity contribution in [1.29, 1.82) is 0 Å². The third-order valence-corrected chi connectivity index (χ3v) is 5.51. The molecule has 0 saturated carbocycles. The lowest BCUT2D eigenvalue weighted by Crippen LogP contribution is -2.43. The lowest BCUT2D eigenvalue weighted by atomic mass is 10.0. The van der Waals surface area contributed by atoms with Gasteiger partial charge < -0.3 is 0 Å². The first kappa shape index (κ1) is 18.0. The Balaban J connectivity index is 1.40. The number of benzene rings is 3. The quantitative estimate of drug-likeness (QED) is 0.593. The SMILES string of the molecule is CC(=NN1CCN(Cc2cccc3ccccc23)CC1)c1ccccc1Cl. The average Bonchev–Trinajstić information content (AvgIpc) is 2.70. The smallest absolute Gasteiger partial charge is 0.0661 e. The molecule has 3 aromatic rings. The van der Waals surface area contributed by atoms with E-state index < -0.39 is 0 Å². The van der Waals surface area contributed by atoms with Crippen LogP contribution in [-0.4, -0.2) is 41.8 Å². The number of hydrogen-bond donors (Lipinski definition) is 0. The van der Waals surface area contributed by atoms with Crippen LogP contribution < -0.4 is 0 Å². The minimum atomic E-state index is 0.758. The summed E-state index contributed by atoms with van der Waals surface area (Å²) in [6.07, 6.45) is 0. The van der Waals surface area contributed by atoms with Gasteiger partial charge in [-0.1, -0.05) is 72.3 Å². The van der Waals surface area contributed by atoms with Crippen molar-refractivity contribution in [2.75, 3.05) is 26.2 Å². The van der Waals surface area contributed by atoms with Gasteiger partial charge in [-0.05, 0) is 29.3 Å². The molecule has 27 heavy (non-hydrogen) atoms. The molecule has 1 aliphatic rings. The predicted octanol–water partition coefficient (Wildman–Crippen LogP) is 5.04. The van der Waals surface area contributed by atoms with E-state index in [2.05, 4.69) is 52.4 Å². The molecular weight excluding hydrogens is 354 g/mol. The molecule has 0 atom stereocenters. The summed E-state index contributed by atoms with van der Waals surface area (Å²) in [5.41, 5.74) is 3.39. The van der Waals surface area contributed by atoms with Gasteiger partial charge in [-0.25, -0.2) is 0 Å². The Morgan fingerprint density at radius 3 is 2.41 bits per heavy atom. The van der Waals surface area contributed by atoms with Gasteiger partial charge in [0.15, 0.2) is 0 Å². The van der Waals surface area contributed by atoms with Gasteiger partial charge >= 0.3 is 0 Å². The second-order valence-electron chi connectivity index (χ2n) is 7.03. The van der Waals surface area contributed by atoms with Crippen molar-refractivity contribution in [3.05, 3.63) is 82.9 Å². The molecule has 138 valence electrons. The zero-order valence-electron chi connectivity index (χ0n) is 15.6. The normalized spacial score (nSPS) is 16.1. The highest BCUT2D eigenvalue weighted by Gasteiger charge is 2.17. The van der Waals surface area contributed by atoms with Crippen molar-refractivity contribution < 1.29 is 0 Å². The van der Waals surface area contributed by atoms with Gasteiger partial charge in [0.05, 0.1) is 5.71 Å². The first-order chi connectivity index (χ1) is 13.2. The number of halogens is 1. The van der Waals surface area contributed by atoms with Crippen molar-refractivity contribution in [3.63, 3.8) is 0 Å². The zero-order chi connectivity index (χ0) is 18.6. The standard InChI is InChI=1S/C23H24ClN3/c1-18(21-10-4-5-12-23(21)24)25-27-15-13-26(14-16-27)17-20-9-6-8-19-7-2-3-11-22(19)20/h2-12H,13-17H2,1H3. The van der Waals surface area contributed by atoms with Crippen molar-refractivity contribution in [3.8, 4) is 0 Å². The summed E-state index contributed by atoms with van der Waals surface area (Å²) in [6.45, 7) is 6.93. The Morgan fingerprint density at radius 1 is 0.889 bits per heavy atom. The third kappa shape index (κ3) is 4.15. The highest BCUT2D eigenvalue weighted by Crippen LogP contribution is 2.21. The van der Waals surface area contributed by atoms with Crippen molar-refractivity contribution in [2.24, 2.45) is 5.10 Å². The van der Waals surface area contributed by atoms with E-state index in [1.165, 1.54) is 16.3 Å². The molecule has 0 amide bonds. The monoisotopic (exact) mass is 377 g/mol.